The number of aromatic nitrogens is 1. The molecule has 0 radical (unpaired) electrons. The van der Waals surface area contributed by atoms with E-state index in [-0.39, 0.29) is 31.2 Å². The van der Waals surface area contributed by atoms with Crippen molar-refractivity contribution in [1.82, 2.24) is 4.98 Å². The number of thiazole rings is 1. The van der Waals surface area contributed by atoms with Gasteiger partial charge in [-0.15, -0.1) is 0 Å². The highest BCUT2D eigenvalue weighted by Crippen LogP contribution is 2.32. The van der Waals surface area contributed by atoms with Crippen LogP contribution in [0, 0.1) is 5.82 Å². The Hall–Kier alpha value is -2.22. The smallest absolute Gasteiger partial charge is 0.255 e. The van der Waals surface area contributed by atoms with Crippen LogP contribution in [-0.4, -0.2) is 27.6 Å². The number of hydrogen-bond acceptors (Lipinski definition) is 6. The summed E-state index contributed by atoms with van der Waals surface area (Å²) in [6.45, 7) is 0. The molecule has 1 aromatic heterocycles. The standard InChI is InChI=1S/C18H13ClF4N2O4S3/c19-16-10-24-17(30-16)25-32(28,29)13-4-2-12(3-5-13)31(26,27)8-7-11-1-6-15(20)14(9-11)18(21,22)23/h1-6,9-10H,7-8H2,(H,24,25). The average Bonchev–Trinajstić information content (AvgIpc) is 3.10. The van der Waals surface area contributed by atoms with Gasteiger partial charge in [0.05, 0.1) is 27.3 Å². The van der Waals surface area contributed by atoms with Crippen LogP contribution in [0.15, 0.2) is 58.5 Å². The van der Waals surface area contributed by atoms with Crippen molar-refractivity contribution in [3.8, 4) is 0 Å². The minimum absolute atomic E-state index is 0.00666. The molecule has 0 aliphatic carbocycles. The number of sulfone groups is 1. The lowest BCUT2D eigenvalue weighted by Gasteiger charge is -2.11. The Morgan fingerprint density at radius 2 is 1.62 bits per heavy atom. The van der Waals surface area contributed by atoms with E-state index < -0.39 is 43.2 Å². The minimum Gasteiger partial charge on any atom is -0.255 e. The van der Waals surface area contributed by atoms with E-state index in [0.717, 1.165) is 41.7 Å². The molecule has 0 spiro atoms. The summed E-state index contributed by atoms with van der Waals surface area (Å²) in [6.07, 6.45) is -3.94. The van der Waals surface area contributed by atoms with Crippen molar-refractivity contribution in [2.75, 3.05) is 10.5 Å². The zero-order valence-corrected chi connectivity index (χ0v) is 18.9. The van der Waals surface area contributed by atoms with E-state index in [1.807, 2.05) is 0 Å². The Balaban J connectivity index is 1.74. The lowest BCUT2D eigenvalue weighted by molar-refractivity contribution is -0.140. The molecule has 0 fully saturated rings. The van der Waals surface area contributed by atoms with Crippen LogP contribution in [0.25, 0.3) is 0 Å². The summed E-state index contributed by atoms with van der Waals surface area (Å²) in [5.74, 6) is -2.01. The Kier molecular flexibility index (Phi) is 6.84. The van der Waals surface area contributed by atoms with Gasteiger partial charge in [-0.2, -0.15) is 13.2 Å². The van der Waals surface area contributed by atoms with E-state index in [9.17, 15) is 34.4 Å². The number of aryl methyl sites for hydroxylation is 1. The summed E-state index contributed by atoms with van der Waals surface area (Å²) >= 11 is 6.60. The first kappa shape index (κ1) is 24.4. The SMILES string of the molecule is O=S(=O)(CCc1ccc(F)c(C(F)(F)F)c1)c1ccc(S(=O)(=O)Nc2ncc(Cl)s2)cc1. The maximum atomic E-state index is 13.4. The summed E-state index contributed by atoms with van der Waals surface area (Å²) in [4.78, 5) is 3.33. The van der Waals surface area contributed by atoms with Crippen molar-refractivity contribution in [2.45, 2.75) is 22.4 Å². The zero-order chi connectivity index (χ0) is 23.7. The van der Waals surface area contributed by atoms with E-state index in [1.165, 1.54) is 6.20 Å². The fourth-order valence-electron chi connectivity index (χ4n) is 2.62. The van der Waals surface area contributed by atoms with Crippen LogP contribution < -0.4 is 4.72 Å². The quantitative estimate of drug-likeness (QED) is 0.446. The van der Waals surface area contributed by atoms with Gasteiger partial charge >= 0.3 is 6.18 Å². The average molecular weight is 529 g/mol. The largest absolute Gasteiger partial charge is 0.419 e. The first-order chi connectivity index (χ1) is 14.8. The number of halogens is 5. The third kappa shape index (κ3) is 5.77. The number of sulfonamides is 1. The molecule has 3 aromatic rings. The molecule has 0 saturated carbocycles. The monoisotopic (exact) mass is 528 g/mol. The topological polar surface area (TPSA) is 93.2 Å². The van der Waals surface area contributed by atoms with E-state index >= 15 is 0 Å². The third-order valence-corrected chi connectivity index (χ3v) is 8.43. The molecule has 14 heteroatoms. The van der Waals surface area contributed by atoms with Gasteiger partial charge < -0.3 is 0 Å². The van der Waals surface area contributed by atoms with Crippen molar-refractivity contribution in [3.63, 3.8) is 0 Å². The van der Waals surface area contributed by atoms with Gasteiger partial charge in [-0.05, 0) is 48.4 Å². The van der Waals surface area contributed by atoms with Crippen LogP contribution >= 0.6 is 22.9 Å². The molecule has 172 valence electrons. The third-order valence-electron chi connectivity index (χ3n) is 4.19. The number of anilines is 1. The van der Waals surface area contributed by atoms with E-state index in [2.05, 4.69) is 9.71 Å². The summed E-state index contributed by atoms with van der Waals surface area (Å²) in [6, 6.07) is 6.57. The minimum atomic E-state index is -4.90. The molecule has 2 aromatic carbocycles. The van der Waals surface area contributed by atoms with Gasteiger partial charge in [0, 0.05) is 0 Å². The molecule has 6 nitrogen and oxygen atoms in total. The molecule has 1 N–H and O–H groups in total. The molecule has 0 atom stereocenters. The molecule has 0 aliphatic rings. The van der Waals surface area contributed by atoms with Crippen LogP contribution in [0.3, 0.4) is 0 Å². The normalized spacial score (nSPS) is 12.7. The number of benzene rings is 2. The lowest BCUT2D eigenvalue weighted by atomic mass is 10.1. The predicted molar refractivity (Wildman–Crippen MR) is 112 cm³/mol. The highest BCUT2D eigenvalue weighted by atomic mass is 35.5. The molecule has 3 rings (SSSR count). The molecule has 0 bridgehead atoms. The molecule has 0 amide bonds. The lowest BCUT2D eigenvalue weighted by Crippen LogP contribution is -2.14. The van der Waals surface area contributed by atoms with Crippen molar-refractivity contribution >= 4 is 47.9 Å². The number of alkyl halides is 3. The van der Waals surface area contributed by atoms with Crippen molar-refractivity contribution in [1.29, 1.82) is 0 Å². The highest BCUT2D eigenvalue weighted by Gasteiger charge is 2.34. The first-order valence-electron chi connectivity index (χ1n) is 8.60. The Morgan fingerprint density at radius 1 is 1.00 bits per heavy atom. The maximum Gasteiger partial charge on any atom is 0.419 e. The highest BCUT2D eigenvalue weighted by molar-refractivity contribution is 7.93. The molecular weight excluding hydrogens is 516 g/mol. The summed E-state index contributed by atoms with van der Waals surface area (Å²) in [5, 5.41) is 0.0317. The molecule has 32 heavy (non-hydrogen) atoms. The first-order valence-corrected chi connectivity index (χ1v) is 12.9. The van der Waals surface area contributed by atoms with Gasteiger partial charge in [-0.3, -0.25) is 4.72 Å². The Morgan fingerprint density at radius 3 is 2.19 bits per heavy atom. The second-order valence-electron chi connectivity index (χ2n) is 6.43. The van der Waals surface area contributed by atoms with Crippen molar-refractivity contribution < 1.29 is 34.4 Å². The van der Waals surface area contributed by atoms with Crippen LogP contribution in [0.5, 0.6) is 0 Å². The van der Waals surface area contributed by atoms with E-state index in [0.29, 0.717) is 12.1 Å². The van der Waals surface area contributed by atoms with Gasteiger partial charge in [-0.1, -0.05) is 29.0 Å². The van der Waals surface area contributed by atoms with Crippen LogP contribution in [0.4, 0.5) is 22.7 Å². The number of nitrogens with zero attached hydrogens (tertiary/aromatic N) is 1. The van der Waals surface area contributed by atoms with Crippen LogP contribution in [-0.2, 0) is 32.5 Å². The number of nitrogens with one attached hydrogen (secondary N) is 1. The fourth-order valence-corrected chi connectivity index (χ4v) is 5.96. The van der Waals surface area contributed by atoms with Crippen molar-refractivity contribution in [3.05, 3.63) is 69.9 Å². The Labute approximate surface area is 189 Å². The number of rotatable bonds is 7. The second-order valence-corrected chi connectivity index (χ2v) is 11.9. The van der Waals surface area contributed by atoms with Crippen LogP contribution in [0.1, 0.15) is 11.1 Å². The van der Waals surface area contributed by atoms with E-state index in [4.69, 9.17) is 11.6 Å². The van der Waals surface area contributed by atoms with Gasteiger partial charge in [-0.25, -0.2) is 26.2 Å². The van der Waals surface area contributed by atoms with E-state index in [1.54, 1.807) is 0 Å². The molecular formula is C18H13ClF4N2O4S3. The molecule has 0 saturated heterocycles. The van der Waals surface area contributed by atoms with Gasteiger partial charge in [0.25, 0.3) is 10.0 Å². The number of hydrogen-bond donors (Lipinski definition) is 1. The molecule has 0 aliphatic heterocycles. The fraction of sp³-hybridized carbons (Fsp3) is 0.167. The van der Waals surface area contributed by atoms with Gasteiger partial charge in [0.2, 0.25) is 0 Å². The molecule has 0 unspecified atom stereocenters. The second kappa shape index (κ2) is 8.96. The summed E-state index contributed by atoms with van der Waals surface area (Å²) in [7, 11) is -7.99. The van der Waals surface area contributed by atoms with Crippen molar-refractivity contribution in [2.24, 2.45) is 0 Å². The maximum absolute atomic E-state index is 13.4. The Bertz CT molecular complexity index is 1340. The summed E-state index contributed by atoms with van der Waals surface area (Å²) < 4.78 is 104. The van der Waals surface area contributed by atoms with Crippen LogP contribution in [0.2, 0.25) is 4.34 Å². The molecule has 1 heterocycles. The predicted octanol–water partition coefficient (Wildman–Crippen LogP) is 4.77. The van der Waals surface area contributed by atoms with Gasteiger partial charge in [0.1, 0.15) is 10.2 Å². The summed E-state index contributed by atoms with van der Waals surface area (Å²) in [5.41, 5.74) is -1.48. The zero-order valence-electron chi connectivity index (χ0n) is 15.7. The van der Waals surface area contributed by atoms with Gasteiger partial charge in [0.15, 0.2) is 15.0 Å².